The minimum Gasteiger partial charge on any atom is -0.495 e. The molecule has 0 bridgehead atoms. The van der Waals surface area contributed by atoms with Gasteiger partial charge in [0.2, 0.25) is 0 Å². The highest BCUT2D eigenvalue weighted by molar-refractivity contribution is 5.40. The molecule has 0 radical (unpaired) electrons. The third kappa shape index (κ3) is 2.51. The van der Waals surface area contributed by atoms with Crippen molar-refractivity contribution in [3.05, 3.63) is 59.4 Å². The lowest BCUT2D eigenvalue weighted by Gasteiger charge is -2.16. The lowest BCUT2D eigenvalue weighted by atomic mass is 9.97. The van der Waals surface area contributed by atoms with Crippen LogP contribution in [0.15, 0.2) is 42.7 Å². The van der Waals surface area contributed by atoms with Crippen molar-refractivity contribution in [1.82, 2.24) is 4.98 Å². The number of pyridine rings is 1. The molecule has 0 fully saturated rings. The van der Waals surface area contributed by atoms with Crippen LogP contribution in [0.1, 0.15) is 29.7 Å². The van der Waals surface area contributed by atoms with E-state index in [1.807, 2.05) is 18.2 Å². The number of nitrogens with two attached hydrogens (primary N) is 1. The molecular formula is C15H18N2O. The minimum atomic E-state index is -0.186. The Hall–Kier alpha value is -1.87. The molecule has 0 spiro atoms. The second-order valence-corrected chi connectivity index (χ2v) is 4.19. The van der Waals surface area contributed by atoms with Crippen molar-refractivity contribution in [2.45, 2.75) is 19.4 Å². The van der Waals surface area contributed by atoms with Crippen LogP contribution in [0.25, 0.3) is 0 Å². The standard InChI is InChI=1S/C15H18N2O/c1-3-11-5-4-6-12(9-11)15(16)13-7-8-17-10-14(13)18-2/h4-10,15H,3,16H2,1-2H3. The molecule has 1 aromatic carbocycles. The van der Waals surface area contributed by atoms with E-state index in [1.165, 1.54) is 5.56 Å². The molecule has 1 atom stereocenters. The van der Waals surface area contributed by atoms with Crippen LogP contribution in [0.5, 0.6) is 5.75 Å². The summed E-state index contributed by atoms with van der Waals surface area (Å²) in [5, 5.41) is 0. The van der Waals surface area contributed by atoms with Gasteiger partial charge in [-0.3, -0.25) is 4.98 Å². The first kappa shape index (κ1) is 12.6. The van der Waals surface area contributed by atoms with Crippen molar-refractivity contribution in [3.8, 4) is 5.75 Å². The predicted molar refractivity (Wildman–Crippen MR) is 72.6 cm³/mol. The first-order chi connectivity index (χ1) is 8.76. The normalized spacial score (nSPS) is 12.2. The number of nitrogens with zero attached hydrogens (tertiary/aromatic N) is 1. The molecule has 2 N–H and O–H groups in total. The SMILES string of the molecule is CCc1cccc(C(N)c2ccncc2OC)c1. The first-order valence-electron chi connectivity index (χ1n) is 6.08. The van der Waals surface area contributed by atoms with Crippen LogP contribution in [0.3, 0.4) is 0 Å². The maximum atomic E-state index is 6.31. The fraction of sp³-hybridized carbons (Fsp3) is 0.267. The van der Waals surface area contributed by atoms with Gasteiger partial charge < -0.3 is 10.5 Å². The van der Waals surface area contributed by atoms with Crippen molar-refractivity contribution in [2.24, 2.45) is 5.73 Å². The number of hydrogen-bond donors (Lipinski definition) is 1. The highest BCUT2D eigenvalue weighted by atomic mass is 16.5. The molecule has 0 aliphatic rings. The van der Waals surface area contributed by atoms with Crippen molar-refractivity contribution in [1.29, 1.82) is 0 Å². The van der Waals surface area contributed by atoms with Crippen LogP contribution < -0.4 is 10.5 Å². The molecule has 1 unspecified atom stereocenters. The molecule has 0 amide bonds. The van der Waals surface area contributed by atoms with Crippen molar-refractivity contribution >= 4 is 0 Å². The van der Waals surface area contributed by atoms with Gasteiger partial charge in [-0.25, -0.2) is 0 Å². The van der Waals surface area contributed by atoms with E-state index in [0.29, 0.717) is 0 Å². The van der Waals surface area contributed by atoms with Gasteiger partial charge in [-0.1, -0.05) is 31.2 Å². The smallest absolute Gasteiger partial charge is 0.142 e. The van der Waals surface area contributed by atoms with Gasteiger partial charge in [-0.15, -0.1) is 0 Å². The summed E-state index contributed by atoms with van der Waals surface area (Å²) in [5.41, 5.74) is 9.65. The number of benzene rings is 1. The molecular weight excluding hydrogens is 224 g/mol. The zero-order valence-corrected chi connectivity index (χ0v) is 10.8. The summed E-state index contributed by atoms with van der Waals surface area (Å²) in [6.07, 6.45) is 4.44. The Morgan fingerprint density at radius 2 is 2.17 bits per heavy atom. The Labute approximate surface area is 108 Å². The predicted octanol–water partition coefficient (Wildman–Crippen LogP) is 2.70. The molecule has 2 aromatic rings. The van der Waals surface area contributed by atoms with Crippen molar-refractivity contribution < 1.29 is 4.74 Å². The number of ether oxygens (including phenoxy) is 1. The lowest BCUT2D eigenvalue weighted by Crippen LogP contribution is -2.13. The summed E-state index contributed by atoms with van der Waals surface area (Å²) in [6.45, 7) is 2.14. The Kier molecular flexibility index (Phi) is 3.95. The largest absolute Gasteiger partial charge is 0.495 e. The van der Waals surface area contributed by atoms with Gasteiger partial charge in [-0.05, 0) is 23.6 Å². The lowest BCUT2D eigenvalue weighted by molar-refractivity contribution is 0.406. The van der Waals surface area contributed by atoms with Gasteiger partial charge in [0.25, 0.3) is 0 Å². The van der Waals surface area contributed by atoms with Crippen molar-refractivity contribution in [3.63, 3.8) is 0 Å². The summed E-state index contributed by atoms with van der Waals surface area (Å²) in [7, 11) is 1.63. The average molecular weight is 242 g/mol. The molecule has 1 heterocycles. The van der Waals surface area contributed by atoms with Gasteiger partial charge in [0.1, 0.15) is 5.75 Å². The summed E-state index contributed by atoms with van der Waals surface area (Å²) in [6, 6.07) is 10.1. The highest BCUT2D eigenvalue weighted by Crippen LogP contribution is 2.27. The second-order valence-electron chi connectivity index (χ2n) is 4.19. The van der Waals surface area contributed by atoms with Gasteiger partial charge in [-0.2, -0.15) is 0 Å². The van der Waals surface area contributed by atoms with Crippen LogP contribution in [-0.2, 0) is 6.42 Å². The molecule has 18 heavy (non-hydrogen) atoms. The average Bonchev–Trinajstić information content (AvgIpc) is 2.46. The van der Waals surface area contributed by atoms with E-state index >= 15 is 0 Å². The number of methoxy groups -OCH3 is 1. The number of aromatic nitrogens is 1. The second kappa shape index (κ2) is 5.65. The molecule has 1 aromatic heterocycles. The maximum Gasteiger partial charge on any atom is 0.142 e. The van der Waals surface area contributed by atoms with E-state index in [2.05, 4.69) is 24.0 Å². The number of hydrogen-bond acceptors (Lipinski definition) is 3. The zero-order valence-electron chi connectivity index (χ0n) is 10.8. The molecule has 0 saturated heterocycles. The monoisotopic (exact) mass is 242 g/mol. The van der Waals surface area contributed by atoms with Crippen LogP contribution in [-0.4, -0.2) is 12.1 Å². The third-order valence-corrected chi connectivity index (χ3v) is 3.09. The van der Waals surface area contributed by atoms with E-state index in [1.54, 1.807) is 19.5 Å². The molecule has 0 aliphatic carbocycles. The Morgan fingerprint density at radius 1 is 1.33 bits per heavy atom. The van der Waals surface area contributed by atoms with E-state index in [9.17, 15) is 0 Å². The Balaban J connectivity index is 2.37. The van der Waals surface area contributed by atoms with Crippen LogP contribution in [0, 0.1) is 0 Å². The van der Waals surface area contributed by atoms with Crippen LogP contribution in [0.4, 0.5) is 0 Å². The summed E-state index contributed by atoms with van der Waals surface area (Å²) < 4.78 is 5.30. The zero-order chi connectivity index (χ0) is 13.0. The summed E-state index contributed by atoms with van der Waals surface area (Å²) >= 11 is 0. The maximum absolute atomic E-state index is 6.31. The minimum absolute atomic E-state index is 0.186. The molecule has 0 aliphatic heterocycles. The Bertz CT molecular complexity index is 525. The van der Waals surface area contributed by atoms with Crippen LogP contribution >= 0.6 is 0 Å². The fourth-order valence-corrected chi connectivity index (χ4v) is 2.00. The van der Waals surface area contributed by atoms with Crippen LogP contribution in [0.2, 0.25) is 0 Å². The summed E-state index contributed by atoms with van der Waals surface area (Å²) in [5.74, 6) is 0.729. The first-order valence-corrected chi connectivity index (χ1v) is 6.08. The topological polar surface area (TPSA) is 48.1 Å². The number of rotatable bonds is 4. The van der Waals surface area contributed by atoms with Crippen molar-refractivity contribution in [2.75, 3.05) is 7.11 Å². The van der Waals surface area contributed by atoms with E-state index in [0.717, 1.165) is 23.3 Å². The third-order valence-electron chi connectivity index (χ3n) is 3.09. The quantitative estimate of drug-likeness (QED) is 0.896. The fourth-order valence-electron chi connectivity index (χ4n) is 2.00. The van der Waals surface area contributed by atoms with Gasteiger partial charge in [0.15, 0.2) is 0 Å². The Morgan fingerprint density at radius 3 is 2.89 bits per heavy atom. The van der Waals surface area contributed by atoms with E-state index < -0.39 is 0 Å². The van der Waals surface area contributed by atoms with E-state index in [4.69, 9.17) is 10.5 Å². The molecule has 2 rings (SSSR count). The molecule has 3 heteroatoms. The van der Waals surface area contributed by atoms with Gasteiger partial charge in [0.05, 0.1) is 19.3 Å². The highest BCUT2D eigenvalue weighted by Gasteiger charge is 2.13. The van der Waals surface area contributed by atoms with E-state index in [-0.39, 0.29) is 6.04 Å². The summed E-state index contributed by atoms with van der Waals surface area (Å²) in [4.78, 5) is 4.05. The van der Waals surface area contributed by atoms with Gasteiger partial charge >= 0.3 is 0 Å². The van der Waals surface area contributed by atoms with Gasteiger partial charge in [0, 0.05) is 11.8 Å². The molecule has 94 valence electrons. The molecule has 3 nitrogen and oxygen atoms in total. The molecule has 0 saturated carbocycles. The number of aryl methyl sites for hydroxylation is 1.